The third kappa shape index (κ3) is 3.10. The molecule has 0 saturated carbocycles. The fraction of sp³-hybridized carbons (Fsp3) is 0.0556. The van der Waals surface area contributed by atoms with E-state index in [-0.39, 0.29) is 27.6 Å². The van der Waals surface area contributed by atoms with E-state index in [1.54, 1.807) is 24.3 Å². The average molecular weight is 356 g/mol. The van der Waals surface area contributed by atoms with E-state index in [1.165, 1.54) is 25.1 Å². The van der Waals surface area contributed by atoms with Crippen molar-refractivity contribution in [2.24, 2.45) is 0 Å². The number of hydrogen-bond donors (Lipinski definition) is 1. The third-order valence-corrected chi connectivity index (χ3v) is 3.90. The number of carbonyl (C=O) groups is 1. The van der Waals surface area contributed by atoms with E-state index in [0.717, 1.165) is 0 Å². The lowest BCUT2D eigenvalue weighted by atomic mass is 10.0. The number of nitriles is 1. The summed E-state index contributed by atoms with van der Waals surface area (Å²) in [5.74, 6) is -0.982. The van der Waals surface area contributed by atoms with E-state index in [2.05, 4.69) is 10.5 Å². The van der Waals surface area contributed by atoms with Gasteiger partial charge in [0.1, 0.15) is 28.9 Å². The number of nitrogens with zero attached hydrogens (tertiary/aromatic N) is 2. The van der Waals surface area contributed by atoms with Gasteiger partial charge in [-0.15, -0.1) is 0 Å². The molecule has 0 fully saturated rings. The van der Waals surface area contributed by atoms with Gasteiger partial charge in [0.25, 0.3) is 5.91 Å². The minimum Gasteiger partial charge on any atom is -0.360 e. The molecule has 0 aliphatic rings. The summed E-state index contributed by atoms with van der Waals surface area (Å²) in [4.78, 5) is 12.7. The second-order valence-corrected chi connectivity index (χ2v) is 5.58. The fourth-order valence-corrected chi connectivity index (χ4v) is 2.66. The zero-order valence-corrected chi connectivity index (χ0v) is 13.8. The van der Waals surface area contributed by atoms with E-state index >= 15 is 0 Å². The first-order chi connectivity index (χ1) is 12.0. The molecule has 0 aliphatic carbocycles. The van der Waals surface area contributed by atoms with Crippen molar-refractivity contribution in [1.29, 1.82) is 5.26 Å². The van der Waals surface area contributed by atoms with Crippen molar-refractivity contribution >= 4 is 23.2 Å². The van der Waals surface area contributed by atoms with Crippen molar-refractivity contribution in [3.8, 4) is 17.3 Å². The lowest BCUT2D eigenvalue weighted by Gasteiger charge is -2.08. The number of hydrogen-bond acceptors (Lipinski definition) is 4. The van der Waals surface area contributed by atoms with E-state index in [9.17, 15) is 9.18 Å². The van der Waals surface area contributed by atoms with Crippen LogP contribution < -0.4 is 5.32 Å². The van der Waals surface area contributed by atoms with Gasteiger partial charge in [0.2, 0.25) is 0 Å². The van der Waals surface area contributed by atoms with Crippen molar-refractivity contribution in [1.82, 2.24) is 5.16 Å². The molecule has 1 aromatic heterocycles. The highest BCUT2D eigenvalue weighted by molar-refractivity contribution is 6.33. The SMILES string of the molecule is Cc1onc(-c2c(F)cccc2Cl)c1C(=O)Nc1ccccc1C#N. The number of benzene rings is 2. The molecule has 3 rings (SSSR count). The molecule has 3 aromatic rings. The molecular formula is C18H11ClFN3O2. The molecule has 0 radical (unpaired) electrons. The molecule has 1 heterocycles. The summed E-state index contributed by atoms with van der Waals surface area (Å²) < 4.78 is 19.3. The summed E-state index contributed by atoms with van der Waals surface area (Å²) in [6, 6.07) is 12.7. The molecular weight excluding hydrogens is 345 g/mol. The van der Waals surface area contributed by atoms with Crippen molar-refractivity contribution in [2.75, 3.05) is 5.32 Å². The Bertz CT molecular complexity index is 988. The number of carbonyl (C=O) groups excluding carboxylic acids is 1. The maximum absolute atomic E-state index is 14.2. The number of halogens is 2. The Balaban J connectivity index is 2.06. The first kappa shape index (κ1) is 16.7. The number of para-hydroxylation sites is 1. The van der Waals surface area contributed by atoms with Gasteiger partial charge in [-0.25, -0.2) is 4.39 Å². The van der Waals surface area contributed by atoms with E-state index in [4.69, 9.17) is 21.4 Å². The summed E-state index contributed by atoms with van der Waals surface area (Å²) in [5, 5.41) is 15.6. The minimum atomic E-state index is -0.618. The van der Waals surface area contributed by atoms with Gasteiger partial charge in [-0.3, -0.25) is 4.79 Å². The zero-order valence-electron chi connectivity index (χ0n) is 13.0. The van der Waals surface area contributed by atoms with Crippen LogP contribution in [0.3, 0.4) is 0 Å². The van der Waals surface area contributed by atoms with Gasteiger partial charge in [0.05, 0.1) is 21.8 Å². The van der Waals surface area contributed by atoms with Crippen LogP contribution in [0.2, 0.25) is 5.02 Å². The second-order valence-electron chi connectivity index (χ2n) is 5.17. The summed E-state index contributed by atoms with van der Waals surface area (Å²) in [6.07, 6.45) is 0. The van der Waals surface area contributed by atoms with Gasteiger partial charge >= 0.3 is 0 Å². The number of anilines is 1. The Morgan fingerprint density at radius 2 is 2.04 bits per heavy atom. The van der Waals surface area contributed by atoms with E-state index in [0.29, 0.717) is 11.3 Å². The van der Waals surface area contributed by atoms with E-state index < -0.39 is 11.7 Å². The standard InChI is InChI=1S/C18H11ClFN3O2/c1-10-15(18(24)22-14-8-3-2-5-11(14)9-21)17(23-25-10)16-12(19)6-4-7-13(16)20/h2-8H,1H3,(H,22,24). The van der Waals surface area contributed by atoms with Crippen LogP contribution in [0.4, 0.5) is 10.1 Å². The molecule has 2 aromatic carbocycles. The van der Waals surface area contributed by atoms with Gasteiger partial charge in [0.15, 0.2) is 0 Å². The topological polar surface area (TPSA) is 78.9 Å². The van der Waals surface area contributed by atoms with Crippen LogP contribution in [-0.4, -0.2) is 11.1 Å². The predicted octanol–water partition coefficient (Wildman–Crippen LogP) is 4.57. The van der Waals surface area contributed by atoms with Crippen LogP contribution >= 0.6 is 11.6 Å². The highest BCUT2D eigenvalue weighted by Crippen LogP contribution is 2.33. The average Bonchev–Trinajstić information content (AvgIpc) is 2.96. The largest absolute Gasteiger partial charge is 0.360 e. The third-order valence-electron chi connectivity index (χ3n) is 3.59. The van der Waals surface area contributed by atoms with Gasteiger partial charge in [-0.2, -0.15) is 5.26 Å². The van der Waals surface area contributed by atoms with Crippen molar-refractivity contribution in [3.05, 3.63) is 70.2 Å². The summed E-state index contributed by atoms with van der Waals surface area (Å²) in [6.45, 7) is 1.54. The highest BCUT2D eigenvalue weighted by Gasteiger charge is 2.25. The highest BCUT2D eigenvalue weighted by atomic mass is 35.5. The summed E-state index contributed by atoms with van der Waals surface area (Å²) >= 11 is 6.06. The fourth-order valence-electron chi connectivity index (χ4n) is 2.41. The van der Waals surface area contributed by atoms with Crippen LogP contribution in [-0.2, 0) is 0 Å². The normalized spacial score (nSPS) is 10.3. The maximum atomic E-state index is 14.2. The molecule has 1 N–H and O–H groups in total. The molecule has 25 heavy (non-hydrogen) atoms. The Kier molecular flexibility index (Phi) is 4.50. The van der Waals surface area contributed by atoms with Crippen molar-refractivity contribution in [3.63, 3.8) is 0 Å². The van der Waals surface area contributed by atoms with Crippen LogP contribution in [0.25, 0.3) is 11.3 Å². The lowest BCUT2D eigenvalue weighted by molar-refractivity contribution is 0.102. The van der Waals surface area contributed by atoms with Crippen LogP contribution in [0.15, 0.2) is 47.0 Å². The number of rotatable bonds is 3. The van der Waals surface area contributed by atoms with Gasteiger partial charge in [0, 0.05) is 0 Å². The molecule has 5 nitrogen and oxygen atoms in total. The number of aromatic nitrogens is 1. The zero-order chi connectivity index (χ0) is 18.0. The lowest BCUT2D eigenvalue weighted by Crippen LogP contribution is -2.14. The molecule has 0 saturated heterocycles. The summed E-state index contributed by atoms with van der Waals surface area (Å²) in [7, 11) is 0. The first-order valence-electron chi connectivity index (χ1n) is 7.24. The molecule has 7 heteroatoms. The molecule has 0 unspecified atom stereocenters. The summed E-state index contributed by atoms with van der Waals surface area (Å²) in [5.41, 5.74) is 0.684. The monoisotopic (exact) mass is 355 g/mol. The Morgan fingerprint density at radius 3 is 2.76 bits per heavy atom. The molecule has 0 atom stereocenters. The molecule has 0 spiro atoms. The Morgan fingerprint density at radius 1 is 1.28 bits per heavy atom. The first-order valence-corrected chi connectivity index (χ1v) is 7.62. The minimum absolute atomic E-state index is 0.00698. The van der Waals surface area contributed by atoms with Crippen LogP contribution in [0.1, 0.15) is 21.7 Å². The number of nitrogens with one attached hydrogen (secondary N) is 1. The smallest absolute Gasteiger partial charge is 0.261 e. The van der Waals surface area contributed by atoms with Gasteiger partial charge in [-0.1, -0.05) is 35.0 Å². The molecule has 124 valence electrons. The molecule has 0 aliphatic heterocycles. The van der Waals surface area contributed by atoms with E-state index in [1.807, 2.05) is 6.07 Å². The predicted molar refractivity (Wildman–Crippen MR) is 90.8 cm³/mol. The van der Waals surface area contributed by atoms with Crippen molar-refractivity contribution in [2.45, 2.75) is 6.92 Å². The number of amides is 1. The number of aryl methyl sites for hydroxylation is 1. The molecule has 1 amide bonds. The quantitative estimate of drug-likeness (QED) is 0.746. The Hall–Kier alpha value is -3.17. The van der Waals surface area contributed by atoms with Gasteiger partial charge < -0.3 is 9.84 Å². The molecule has 0 bridgehead atoms. The maximum Gasteiger partial charge on any atom is 0.261 e. The second kappa shape index (κ2) is 6.75. The van der Waals surface area contributed by atoms with Crippen LogP contribution in [0.5, 0.6) is 0 Å². The Labute approximate surface area is 147 Å². The van der Waals surface area contributed by atoms with Gasteiger partial charge in [-0.05, 0) is 31.2 Å². The van der Waals surface area contributed by atoms with Crippen LogP contribution in [0, 0.1) is 24.1 Å². The van der Waals surface area contributed by atoms with Crippen molar-refractivity contribution < 1.29 is 13.7 Å².